The molecule has 3 rings (SSSR count). The quantitative estimate of drug-likeness (QED) is 0.717. The molecule has 1 aliphatic rings. The Hall–Kier alpha value is -2.74. The second kappa shape index (κ2) is 7.43. The van der Waals surface area contributed by atoms with Crippen molar-refractivity contribution in [1.82, 2.24) is 25.6 Å². The molecule has 25 heavy (non-hydrogen) atoms. The average molecular weight is 343 g/mol. The number of hydrogen-bond acceptors (Lipinski definition) is 5. The van der Waals surface area contributed by atoms with Crippen LogP contribution in [0.4, 0.5) is 0 Å². The van der Waals surface area contributed by atoms with E-state index in [0.29, 0.717) is 18.7 Å². The highest BCUT2D eigenvalue weighted by molar-refractivity contribution is 5.93. The number of aromatic amines is 1. The molecule has 1 aromatic heterocycles. The Bertz CT molecular complexity index is 729. The minimum atomic E-state index is -0.796. The Morgan fingerprint density at radius 3 is 2.68 bits per heavy atom. The third kappa shape index (κ3) is 4.03. The number of amides is 1. The Morgan fingerprint density at radius 1 is 1.32 bits per heavy atom. The summed E-state index contributed by atoms with van der Waals surface area (Å²) in [5.74, 6) is -0.844. The molecule has 1 fully saturated rings. The largest absolute Gasteiger partial charge is 0.481 e. The zero-order chi connectivity index (χ0) is 17.8. The van der Waals surface area contributed by atoms with Crippen LogP contribution in [0.1, 0.15) is 34.0 Å². The van der Waals surface area contributed by atoms with Gasteiger partial charge in [-0.25, -0.2) is 0 Å². The summed E-state index contributed by atoms with van der Waals surface area (Å²) < 4.78 is 0. The van der Waals surface area contributed by atoms with Gasteiger partial charge < -0.3 is 10.4 Å². The zero-order valence-corrected chi connectivity index (χ0v) is 14.0. The predicted octanol–water partition coefficient (Wildman–Crippen LogP) is 0.855. The molecule has 0 spiro atoms. The topological polar surface area (TPSA) is 111 Å². The zero-order valence-electron chi connectivity index (χ0n) is 14.0. The van der Waals surface area contributed by atoms with Gasteiger partial charge in [0.15, 0.2) is 0 Å². The first-order valence-corrected chi connectivity index (χ1v) is 8.17. The Balaban J connectivity index is 1.68. The number of aromatic nitrogens is 3. The molecule has 0 bridgehead atoms. The maximum absolute atomic E-state index is 11.6. The lowest BCUT2D eigenvalue weighted by Gasteiger charge is -2.15. The number of H-pyrrole nitrogens is 1. The number of carboxylic acids is 1. The Labute approximate surface area is 145 Å². The summed E-state index contributed by atoms with van der Waals surface area (Å²) in [6.07, 6.45) is 1.78. The molecule has 8 nitrogen and oxygen atoms in total. The van der Waals surface area contributed by atoms with Gasteiger partial charge in [-0.2, -0.15) is 15.4 Å². The van der Waals surface area contributed by atoms with E-state index in [0.717, 1.165) is 17.8 Å². The van der Waals surface area contributed by atoms with Gasteiger partial charge in [-0.05, 0) is 23.6 Å². The maximum atomic E-state index is 11.6. The minimum absolute atomic E-state index is 0.00717. The van der Waals surface area contributed by atoms with Crippen molar-refractivity contribution >= 4 is 11.9 Å². The number of nitrogens with one attached hydrogen (secondary N) is 2. The molecule has 1 aliphatic heterocycles. The van der Waals surface area contributed by atoms with E-state index in [1.54, 1.807) is 25.4 Å². The fourth-order valence-electron chi connectivity index (χ4n) is 3.41. The summed E-state index contributed by atoms with van der Waals surface area (Å²) in [7, 11) is 1.60. The van der Waals surface area contributed by atoms with Crippen LogP contribution < -0.4 is 5.32 Å². The molecule has 3 N–H and O–H groups in total. The number of aliphatic carboxylic acids is 1. The summed E-state index contributed by atoms with van der Waals surface area (Å²) >= 11 is 0. The van der Waals surface area contributed by atoms with Crippen LogP contribution in [-0.4, -0.2) is 57.4 Å². The lowest BCUT2D eigenvalue weighted by atomic mass is 9.91. The van der Waals surface area contributed by atoms with Crippen LogP contribution in [0.15, 0.2) is 30.5 Å². The van der Waals surface area contributed by atoms with Crippen LogP contribution in [0.2, 0.25) is 0 Å². The number of rotatable bonds is 6. The fraction of sp³-hybridized carbons (Fsp3) is 0.412. The van der Waals surface area contributed by atoms with Crippen LogP contribution in [0.3, 0.4) is 0 Å². The van der Waals surface area contributed by atoms with Crippen molar-refractivity contribution in [3.63, 3.8) is 0 Å². The van der Waals surface area contributed by atoms with Crippen molar-refractivity contribution in [2.24, 2.45) is 5.92 Å². The lowest BCUT2D eigenvalue weighted by molar-refractivity contribution is -0.138. The van der Waals surface area contributed by atoms with E-state index in [1.807, 2.05) is 12.1 Å². The fourth-order valence-corrected chi connectivity index (χ4v) is 3.41. The molecule has 8 heteroatoms. The van der Waals surface area contributed by atoms with Crippen LogP contribution in [-0.2, 0) is 11.3 Å². The molecular weight excluding hydrogens is 322 g/mol. The molecule has 2 heterocycles. The molecule has 0 radical (unpaired) electrons. The van der Waals surface area contributed by atoms with Gasteiger partial charge in [-0.1, -0.05) is 12.1 Å². The molecule has 0 saturated carbocycles. The molecule has 2 aromatic rings. The van der Waals surface area contributed by atoms with Gasteiger partial charge in [-0.15, -0.1) is 0 Å². The summed E-state index contributed by atoms with van der Waals surface area (Å²) in [4.78, 5) is 25.0. The second-order valence-electron chi connectivity index (χ2n) is 6.33. The summed E-state index contributed by atoms with van der Waals surface area (Å²) in [6.45, 7) is 2.14. The smallest absolute Gasteiger partial charge is 0.303 e. The highest BCUT2D eigenvalue weighted by Crippen LogP contribution is 2.34. The molecule has 0 unspecified atom stereocenters. The van der Waals surface area contributed by atoms with Crippen LogP contribution in [0.25, 0.3) is 0 Å². The first kappa shape index (κ1) is 17.1. The van der Waals surface area contributed by atoms with Crippen LogP contribution >= 0.6 is 0 Å². The van der Waals surface area contributed by atoms with Gasteiger partial charge in [0.1, 0.15) is 0 Å². The standard InChI is InChI=1S/C17H21N5O3/c1-18-17(25)12-4-2-11(3-5-12)8-22-9-13(6-16(23)24)14(10-22)15-7-19-21-20-15/h2-5,7,13-14H,6,8-10H2,1H3,(H,18,25)(H,23,24)(H,19,20,21)/t13-,14+/m1/s1. The Kier molecular flexibility index (Phi) is 5.08. The number of hydrogen-bond donors (Lipinski definition) is 3. The van der Waals surface area contributed by atoms with E-state index in [2.05, 4.69) is 25.6 Å². The number of likely N-dealkylation sites (tertiary alicyclic amines) is 1. The lowest BCUT2D eigenvalue weighted by Crippen LogP contribution is -2.21. The molecule has 132 valence electrons. The summed E-state index contributed by atoms with van der Waals surface area (Å²) in [5, 5.41) is 22.4. The number of carbonyl (C=O) groups excluding carboxylic acids is 1. The SMILES string of the molecule is CNC(=O)c1ccc(CN2C[C@@H](CC(=O)O)[C@@H](c3cn[nH]n3)C2)cc1. The predicted molar refractivity (Wildman–Crippen MR) is 90.0 cm³/mol. The average Bonchev–Trinajstić information content (AvgIpc) is 3.24. The van der Waals surface area contributed by atoms with Crippen LogP contribution in [0.5, 0.6) is 0 Å². The molecule has 2 atom stereocenters. The molecule has 1 amide bonds. The van der Waals surface area contributed by atoms with Gasteiger partial charge >= 0.3 is 5.97 Å². The third-order valence-electron chi connectivity index (χ3n) is 4.62. The number of carbonyl (C=O) groups is 2. The summed E-state index contributed by atoms with van der Waals surface area (Å²) in [6, 6.07) is 7.46. The van der Waals surface area contributed by atoms with Crippen molar-refractivity contribution in [3.8, 4) is 0 Å². The van der Waals surface area contributed by atoms with Crippen molar-refractivity contribution < 1.29 is 14.7 Å². The highest BCUT2D eigenvalue weighted by atomic mass is 16.4. The van der Waals surface area contributed by atoms with E-state index < -0.39 is 5.97 Å². The Morgan fingerprint density at radius 2 is 2.08 bits per heavy atom. The van der Waals surface area contributed by atoms with Gasteiger partial charge in [0.25, 0.3) is 5.91 Å². The number of nitrogens with zero attached hydrogens (tertiary/aromatic N) is 3. The van der Waals surface area contributed by atoms with Gasteiger partial charge in [-0.3, -0.25) is 14.5 Å². The molecule has 0 aliphatic carbocycles. The molecule has 1 aromatic carbocycles. The van der Waals surface area contributed by atoms with Gasteiger partial charge in [0.05, 0.1) is 18.3 Å². The highest BCUT2D eigenvalue weighted by Gasteiger charge is 2.36. The van der Waals surface area contributed by atoms with Crippen LogP contribution in [0, 0.1) is 5.92 Å². The third-order valence-corrected chi connectivity index (χ3v) is 4.62. The molecular formula is C17H21N5O3. The van der Waals surface area contributed by atoms with E-state index >= 15 is 0 Å². The van der Waals surface area contributed by atoms with Crippen molar-refractivity contribution in [2.75, 3.05) is 20.1 Å². The van der Waals surface area contributed by atoms with Gasteiger partial charge in [0, 0.05) is 38.2 Å². The first-order valence-electron chi connectivity index (χ1n) is 8.17. The normalized spacial score (nSPS) is 20.5. The minimum Gasteiger partial charge on any atom is -0.481 e. The van der Waals surface area contributed by atoms with E-state index in [4.69, 9.17) is 0 Å². The number of carboxylic acid groups (broad SMARTS) is 1. The second-order valence-corrected chi connectivity index (χ2v) is 6.33. The monoisotopic (exact) mass is 343 g/mol. The maximum Gasteiger partial charge on any atom is 0.303 e. The van der Waals surface area contributed by atoms with Gasteiger partial charge in [0.2, 0.25) is 0 Å². The van der Waals surface area contributed by atoms with E-state index in [1.165, 1.54) is 0 Å². The van der Waals surface area contributed by atoms with E-state index in [-0.39, 0.29) is 24.2 Å². The number of benzene rings is 1. The van der Waals surface area contributed by atoms with Crippen molar-refractivity contribution in [3.05, 3.63) is 47.3 Å². The molecule has 1 saturated heterocycles. The van der Waals surface area contributed by atoms with Crippen molar-refractivity contribution in [2.45, 2.75) is 18.9 Å². The summed E-state index contributed by atoms with van der Waals surface area (Å²) in [5.41, 5.74) is 2.52. The first-order chi connectivity index (χ1) is 12.1. The van der Waals surface area contributed by atoms with Crippen molar-refractivity contribution in [1.29, 1.82) is 0 Å². The van der Waals surface area contributed by atoms with E-state index in [9.17, 15) is 14.7 Å².